The molecule has 0 unspecified atom stereocenters. The molecule has 0 aliphatic carbocycles. The Labute approximate surface area is 147 Å². The molecule has 0 amide bonds. The molecule has 12 heteroatoms. The summed E-state index contributed by atoms with van der Waals surface area (Å²) >= 11 is 0. The first-order valence-corrected chi connectivity index (χ1v) is 4.82. The lowest BCUT2D eigenvalue weighted by Gasteiger charge is -2.02. The van der Waals surface area contributed by atoms with Gasteiger partial charge < -0.3 is 37.7 Å². The Morgan fingerprint density at radius 1 is 0.625 bits per heavy atom. The highest BCUT2D eigenvalue weighted by Gasteiger charge is 2.00. The van der Waals surface area contributed by atoms with E-state index in [1.165, 1.54) is 14.2 Å². The maximum absolute atomic E-state index is 10.3. The number of rotatable bonds is 8. The summed E-state index contributed by atoms with van der Waals surface area (Å²) < 4.78 is 33.6. The minimum atomic E-state index is -0.882. The number of hydrogen-bond acceptors (Lipinski definition) is 10. The summed E-state index contributed by atoms with van der Waals surface area (Å²) in [5, 5.41) is 0. The highest BCUT2D eigenvalue weighted by molar-refractivity contribution is 5.98. The van der Waals surface area contributed by atoms with Crippen LogP contribution in [0.25, 0.3) is 0 Å². The van der Waals surface area contributed by atoms with Crippen LogP contribution in [0.4, 0.5) is 9.59 Å². The van der Waals surface area contributed by atoms with Crippen molar-refractivity contribution in [2.75, 3.05) is 41.4 Å². The molecule has 0 heterocycles. The lowest BCUT2D eigenvalue weighted by atomic mass is 10.6. The molecular formula is C12H30B2O10. The van der Waals surface area contributed by atoms with E-state index in [9.17, 15) is 9.59 Å². The molecule has 24 heavy (non-hydrogen) atoms. The molecular weight excluding hydrogens is 326 g/mol. The quantitative estimate of drug-likeness (QED) is 0.365. The van der Waals surface area contributed by atoms with Gasteiger partial charge in [0.25, 0.3) is 16.1 Å². The maximum atomic E-state index is 10.3. The Balaban J connectivity index is -0.0000000579. The first-order chi connectivity index (χ1) is 9.62. The second kappa shape index (κ2) is 33.2. The van der Waals surface area contributed by atoms with Crippen molar-refractivity contribution in [1.29, 1.82) is 0 Å². The normalized spacial score (nSPS) is 7.42. The summed E-state index contributed by atoms with van der Waals surface area (Å²) in [6, 6.07) is 0. The van der Waals surface area contributed by atoms with Crippen LogP contribution >= 0.6 is 0 Å². The largest absolute Gasteiger partial charge is 0.512 e. The molecule has 0 rings (SSSR count). The summed E-state index contributed by atoms with van der Waals surface area (Å²) in [7, 11) is 11.8. The molecule has 144 valence electrons. The average Bonchev–Trinajstić information content (AvgIpc) is 2.47. The molecule has 0 saturated heterocycles. The molecule has 4 radical (unpaired) electrons. The number of carbonyl (C=O) groups excluding carboxylic acids is 2. The Kier molecular flexibility index (Phi) is 52.8. The van der Waals surface area contributed by atoms with Crippen molar-refractivity contribution in [3.8, 4) is 0 Å². The zero-order valence-electron chi connectivity index (χ0n) is 11.1. The summed E-state index contributed by atoms with van der Waals surface area (Å²) in [4.78, 5) is 20.6. The minimum absolute atomic E-state index is 0. The molecule has 0 aliphatic rings. The topological polar surface area (TPSA) is 108 Å². The van der Waals surface area contributed by atoms with Crippen LogP contribution in [0.1, 0.15) is 29.7 Å². The van der Waals surface area contributed by atoms with Crippen LogP contribution < -0.4 is 0 Å². The summed E-state index contributed by atoms with van der Waals surface area (Å²) in [6.45, 7) is -0.960. The van der Waals surface area contributed by atoms with Gasteiger partial charge in [0.2, 0.25) is 0 Å². The first kappa shape index (κ1) is 38.2. The van der Waals surface area contributed by atoms with Crippen molar-refractivity contribution >= 4 is 28.4 Å². The minimum Gasteiger partial charge on any atom is -0.418 e. The van der Waals surface area contributed by atoms with E-state index >= 15 is 0 Å². The fourth-order valence-electron chi connectivity index (χ4n) is 0.462. The van der Waals surface area contributed by atoms with E-state index in [-0.39, 0.29) is 56.9 Å². The standard InChI is InChI=1S/2C4H7BO5.4CH4/c2*1-7-2-8-4(6)9-3-10-5;;;;/h2*2-3H2,1H3;4*1H4. The van der Waals surface area contributed by atoms with Gasteiger partial charge in [-0.2, -0.15) is 0 Å². The fraction of sp³-hybridized carbons (Fsp3) is 0.833. The third-order valence-electron chi connectivity index (χ3n) is 1.08. The molecule has 0 atom stereocenters. The average molecular weight is 356 g/mol. The predicted octanol–water partition coefficient (Wildman–Crippen LogP) is 2.15. The lowest BCUT2D eigenvalue weighted by molar-refractivity contribution is -0.0463. The summed E-state index contributed by atoms with van der Waals surface area (Å²) in [6.07, 6.45) is -1.76. The number of ether oxygens (including phenoxy) is 6. The summed E-state index contributed by atoms with van der Waals surface area (Å²) in [5.74, 6) is 0. The predicted molar refractivity (Wildman–Crippen MR) is 89.2 cm³/mol. The molecule has 0 aromatic carbocycles. The Morgan fingerprint density at radius 2 is 0.875 bits per heavy atom. The van der Waals surface area contributed by atoms with Gasteiger partial charge in [0, 0.05) is 14.2 Å². The van der Waals surface area contributed by atoms with Crippen LogP contribution in [0.5, 0.6) is 0 Å². The monoisotopic (exact) mass is 356 g/mol. The zero-order valence-corrected chi connectivity index (χ0v) is 11.1. The third kappa shape index (κ3) is 37.1. The highest BCUT2D eigenvalue weighted by Crippen LogP contribution is 1.85. The summed E-state index contributed by atoms with van der Waals surface area (Å²) in [5.41, 5.74) is 0. The van der Waals surface area contributed by atoms with Crippen LogP contribution in [0.2, 0.25) is 0 Å². The van der Waals surface area contributed by atoms with Gasteiger partial charge in [-0.3, -0.25) is 0 Å². The van der Waals surface area contributed by atoms with Crippen molar-refractivity contribution < 1.29 is 47.3 Å². The third-order valence-corrected chi connectivity index (χ3v) is 1.08. The van der Waals surface area contributed by atoms with Crippen molar-refractivity contribution in [3.63, 3.8) is 0 Å². The van der Waals surface area contributed by atoms with E-state index in [2.05, 4.69) is 53.8 Å². The van der Waals surface area contributed by atoms with Crippen LogP contribution in [-0.2, 0) is 37.7 Å². The number of hydrogen-bond donors (Lipinski definition) is 0. The van der Waals surface area contributed by atoms with Crippen molar-refractivity contribution in [3.05, 3.63) is 0 Å². The smallest absolute Gasteiger partial charge is 0.418 e. The molecule has 10 nitrogen and oxygen atoms in total. The zero-order chi connectivity index (χ0) is 15.6. The second-order valence-corrected chi connectivity index (χ2v) is 2.46. The van der Waals surface area contributed by atoms with Gasteiger partial charge in [-0.1, -0.05) is 29.7 Å². The Morgan fingerprint density at radius 3 is 1.08 bits per heavy atom. The van der Waals surface area contributed by atoms with Crippen molar-refractivity contribution in [1.82, 2.24) is 0 Å². The molecule has 0 aliphatic heterocycles. The first-order valence-electron chi connectivity index (χ1n) is 4.82. The molecule has 0 saturated carbocycles. The van der Waals surface area contributed by atoms with Gasteiger partial charge >= 0.3 is 12.3 Å². The maximum Gasteiger partial charge on any atom is 0.512 e. The fourth-order valence-corrected chi connectivity index (χ4v) is 0.462. The Bertz CT molecular complexity index is 200. The van der Waals surface area contributed by atoms with Gasteiger partial charge in [0.05, 0.1) is 0 Å². The lowest BCUT2D eigenvalue weighted by Crippen LogP contribution is -2.10. The van der Waals surface area contributed by atoms with E-state index < -0.39 is 12.3 Å². The van der Waals surface area contributed by atoms with Gasteiger partial charge in [-0.05, 0) is 0 Å². The van der Waals surface area contributed by atoms with Gasteiger partial charge in [0.15, 0.2) is 27.2 Å². The van der Waals surface area contributed by atoms with Crippen molar-refractivity contribution in [2.45, 2.75) is 29.7 Å². The van der Waals surface area contributed by atoms with E-state index in [1.54, 1.807) is 0 Å². The van der Waals surface area contributed by atoms with Gasteiger partial charge in [-0.25, -0.2) is 9.59 Å². The van der Waals surface area contributed by atoms with E-state index in [0.29, 0.717) is 0 Å². The van der Waals surface area contributed by atoms with Gasteiger partial charge in [0.1, 0.15) is 0 Å². The van der Waals surface area contributed by atoms with Crippen LogP contribution in [0, 0.1) is 0 Å². The molecule has 0 aromatic heterocycles. The van der Waals surface area contributed by atoms with Crippen LogP contribution in [-0.4, -0.2) is 69.8 Å². The molecule has 0 spiro atoms. The number of carbonyl (C=O) groups is 2. The highest BCUT2D eigenvalue weighted by atomic mass is 16.8. The SMILES string of the molecule is C.C.C.C.[B]OCOC(=O)OCOC.[B]OCOC(=O)OCOC. The molecule has 0 N–H and O–H groups in total. The number of methoxy groups -OCH3 is 2. The van der Waals surface area contributed by atoms with E-state index in [1.807, 2.05) is 0 Å². The molecule has 0 aromatic rings. The van der Waals surface area contributed by atoms with Crippen LogP contribution in [0.15, 0.2) is 0 Å². The molecule has 0 bridgehead atoms. The van der Waals surface area contributed by atoms with E-state index in [0.717, 1.165) is 0 Å². The Hall–Kier alpha value is -1.49. The van der Waals surface area contributed by atoms with Crippen LogP contribution in [0.3, 0.4) is 0 Å². The van der Waals surface area contributed by atoms with Crippen molar-refractivity contribution in [2.24, 2.45) is 0 Å². The van der Waals surface area contributed by atoms with E-state index in [4.69, 9.17) is 0 Å². The second-order valence-electron chi connectivity index (χ2n) is 2.46. The van der Waals surface area contributed by atoms with Gasteiger partial charge in [-0.15, -0.1) is 0 Å². The molecule has 0 fully saturated rings.